The van der Waals surface area contributed by atoms with Gasteiger partial charge in [-0.1, -0.05) is 15.9 Å². The van der Waals surface area contributed by atoms with Gasteiger partial charge in [0.15, 0.2) is 0 Å². The monoisotopic (exact) mass is 194 g/mol. The largest absolute Gasteiger partial charge is 0.420 e. The van der Waals surface area contributed by atoms with Crippen molar-refractivity contribution < 1.29 is 17.6 Å². The fourth-order valence-electron chi connectivity index (χ4n) is 0.0875. The van der Waals surface area contributed by atoms with Gasteiger partial charge in [-0.25, -0.2) is 4.39 Å². The SMILES string of the molecule is FC(CBr)C(F)(F)F. The predicted molar refractivity (Wildman–Crippen MR) is 24.7 cm³/mol. The van der Waals surface area contributed by atoms with Crippen molar-refractivity contribution in [1.82, 2.24) is 0 Å². The molecule has 0 amide bonds. The highest BCUT2D eigenvalue weighted by Gasteiger charge is 2.38. The van der Waals surface area contributed by atoms with Crippen LogP contribution >= 0.6 is 15.9 Å². The van der Waals surface area contributed by atoms with E-state index in [1.807, 2.05) is 0 Å². The second kappa shape index (κ2) is 2.66. The molecule has 0 nitrogen and oxygen atoms in total. The van der Waals surface area contributed by atoms with E-state index in [0.29, 0.717) is 0 Å². The molecule has 5 heteroatoms. The Kier molecular flexibility index (Phi) is 2.73. The second-order valence-corrected chi connectivity index (χ2v) is 1.81. The average Bonchev–Trinajstić information content (AvgIpc) is 1.62. The van der Waals surface area contributed by atoms with Gasteiger partial charge in [0.25, 0.3) is 0 Å². The minimum absolute atomic E-state index is 0.684. The fourth-order valence-corrected chi connectivity index (χ4v) is 0.455. The standard InChI is InChI=1S/C3H3BrF4/c4-1-2(5)3(6,7)8/h2H,1H2. The van der Waals surface area contributed by atoms with Crippen LogP contribution in [0.15, 0.2) is 0 Å². The van der Waals surface area contributed by atoms with Crippen molar-refractivity contribution >= 4 is 15.9 Å². The topological polar surface area (TPSA) is 0 Å². The third-order valence-corrected chi connectivity index (χ3v) is 1.06. The zero-order valence-electron chi connectivity index (χ0n) is 3.67. The summed E-state index contributed by atoms with van der Waals surface area (Å²) in [6, 6.07) is 0. The van der Waals surface area contributed by atoms with Crippen LogP contribution in [0.25, 0.3) is 0 Å². The van der Waals surface area contributed by atoms with Crippen LogP contribution in [0.1, 0.15) is 0 Å². The van der Waals surface area contributed by atoms with Gasteiger partial charge in [0.2, 0.25) is 6.17 Å². The number of hydrogen-bond acceptors (Lipinski definition) is 0. The molecule has 0 aliphatic carbocycles. The predicted octanol–water partition coefficient (Wildman–Crippen LogP) is 2.28. The molecule has 0 aliphatic heterocycles. The Hall–Kier alpha value is 0.200. The molecule has 50 valence electrons. The van der Waals surface area contributed by atoms with E-state index >= 15 is 0 Å². The van der Waals surface area contributed by atoms with Gasteiger partial charge >= 0.3 is 6.18 Å². The first-order valence-electron chi connectivity index (χ1n) is 1.75. The van der Waals surface area contributed by atoms with Crippen LogP contribution in [0, 0.1) is 0 Å². The lowest BCUT2D eigenvalue weighted by atomic mass is 10.4. The summed E-state index contributed by atoms with van der Waals surface area (Å²) in [4.78, 5) is 0. The number of alkyl halides is 5. The van der Waals surface area contributed by atoms with Gasteiger partial charge in [-0.05, 0) is 0 Å². The normalized spacial score (nSPS) is 16.1. The molecule has 0 saturated heterocycles. The van der Waals surface area contributed by atoms with Gasteiger partial charge in [-0.2, -0.15) is 13.2 Å². The van der Waals surface area contributed by atoms with Crippen LogP contribution in [0.4, 0.5) is 17.6 Å². The van der Waals surface area contributed by atoms with Gasteiger partial charge in [0.1, 0.15) is 0 Å². The number of halogens is 5. The molecular formula is C3H3BrF4. The van der Waals surface area contributed by atoms with E-state index in [4.69, 9.17) is 0 Å². The Bertz CT molecular complexity index is 68.2. The van der Waals surface area contributed by atoms with Crippen LogP contribution in [0.2, 0.25) is 0 Å². The van der Waals surface area contributed by atoms with E-state index in [9.17, 15) is 17.6 Å². The van der Waals surface area contributed by atoms with Gasteiger partial charge in [0.05, 0.1) is 0 Å². The lowest BCUT2D eigenvalue weighted by Crippen LogP contribution is -2.25. The first kappa shape index (κ1) is 8.20. The summed E-state index contributed by atoms with van der Waals surface area (Å²) in [5.41, 5.74) is 0. The van der Waals surface area contributed by atoms with E-state index in [0.717, 1.165) is 0 Å². The maximum atomic E-state index is 11.5. The molecule has 0 aromatic rings. The molecule has 8 heavy (non-hydrogen) atoms. The Morgan fingerprint density at radius 2 is 1.75 bits per heavy atom. The van der Waals surface area contributed by atoms with Crippen molar-refractivity contribution in [1.29, 1.82) is 0 Å². The van der Waals surface area contributed by atoms with Crippen molar-refractivity contribution in [3.05, 3.63) is 0 Å². The molecule has 1 unspecified atom stereocenters. The molecular weight excluding hydrogens is 192 g/mol. The molecule has 0 saturated carbocycles. The highest BCUT2D eigenvalue weighted by molar-refractivity contribution is 9.09. The summed E-state index contributed by atoms with van der Waals surface area (Å²) in [5.74, 6) is 0. The molecule has 0 bridgehead atoms. The molecule has 0 aromatic carbocycles. The zero-order chi connectivity index (χ0) is 6.78. The van der Waals surface area contributed by atoms with Gasteiger partial charge in [-0.3, -0.25) is 0 Å². The highest BCUT2D eigenvalue weighted by atomic mass is 79.9. The summed E-state index contributed by atoms with van der Waals surface area (Å²) >= 11 is 2.36. The lowest BCUT2D eigenvalue weighted by molar-refractivity contribution is -0.173. The number of rotatable bonds is 1. The van der Waals surface area contributed by atoms with E-state index < -0.39 is 17.7 Å². The average molecular weight is 195 g/mol. The highest BCUT2D eigenvalue weighted by Crippen LogP contribution is 2.23. The first-order chi connectivity index (χ1) is 3.48. The van der Waals surface area contributed by atoms with E-state index in [1.54, 1.807) is 0 Å². The summed E-state index contributed by atoms with van der Waals surface area (Å²) in [7, 11) is 0. The Morgan fingerprint density at radius 1 is 1.38 bits per heavy atom. The van der Waals surface area contributed by atoms with Crippen molar-refractivity contribution in [3.63, 3.8) is 0 Å². The maximum absolute atomic E-state index is 11.5. The zero-order valence-corrected chi connectivity index (χ0v) is 5.26. The van der Waals surface area contributed by atoms with Crippen LogP contribution in [-0.2, 0) is 0 Å². The van der Waals surface area contributed by atoms with Crippen LogP contribution in [0.5, 0.6) is 0 Å². The molecule has 0 N–H and O–H groups in total. The smallest absolute Gasteiger partial charge is 0.237 e. The molecule has 0 radical (unpaired) electrons. The molecule has 0 heterocycles. The Morgan fingerprint density at radius 3 is 1.75 bits per heavy atom. The molecule has 0 fully saturated rings. The first-order valence-corrected chi connectivity index (χ1v) is 2.87. The minimum atomic E-state index is -4.70. The molecule has 0 rings (SSSR count). The third-order valence-electron chi connectivity index (χ3n) is 0.491. The van der Waals surface area contributed by atoms with Crippen molar-refractivity contribution in [2.75, 3.05) is 5.33 Å². The fraction of sp³-hybridized carbons (Fsp3) is 1.00. The second-order valence-electron chi connectivity index (χ2n) is 1.16. The van der Waals surface area contributed by atoms with Crippen LogP contribution in [-0.4, -0.2) is 17.7 Å². The van der Waals surface area contributed by atoms with E-state index in [-0.39, 0.29) is 0 Å². The molecule has 0 spiro atoms. The van der Waals surface area contributed by atoms with E-state index in [1.165, 1.54) is 0 Å². The minimum Gasteiger partial charge on any atom is -0.237 e. The van der Waals surface area contributed by atoms with Crippen molar-refractivity contribution in [2.45, 2.75) is 12.3 Å². The summed E-state index contributed by atoms with van der Waals surface area (Å²) in [5, 5.41) is -0.684. The number of hydrogen-bond donors (Lipinski definition) is 0. The van der Waals surface area contributed by atoms with Crippen molar-refractivity contribution in [3.8, 4) is 0 Å². The lowest BCUT2D eigenvalue weighted by Gasteiger charge is -2.07. The summed E-state index contributed by atoms with van der Waals surface area (Å²) < 4.78 is 44.6. The Balaban J connectivity index is 3.62. The quantitative estimate of drug-likeness (QED) is 0.444. The molecule has 1 atom stereocenters. The third kappa shape index (κ3) is 2.49. The summed E-state index contributed by atoms with van der Waals surface area (Å²) in [6.45, 7) is 0. The van der Waals surface area contributed by atoms with Gasteiger partial charge < -0.3 is 0 Å². The molecule has 0 aromatic heterocycles. The molecule has 0 aliphatic rings. The van der Waals surface area contributed by atoms with E-state index in [2.05, 4.69) is 15.9 Å². The summed E-state index contributed by atoms with van der Waals surface area (Å²) in [6.07, 6.45) is -7.44. The maximum Gasteiger partial charge on any atom is 0.420 e. The van der Waals surface area contributed by atoms with Crippen LogP contribution in [0.3, 0.4) is 0 Å². The van der Waals surface area contributed by atoms with Gasteiger partial charge in [0, 0.05) is 5.33 Å². The van der Waals surface area contributed by atoms with Crippen LogP contribution < -0.4 is 0 Å². The van der Waals surface area contributed by atoms with Gasteiger partial charge in [-0.15, -0.1) is 0 Å². The van der Waals surface area contributed by atoms with Crippen molar-refractivity contribution in [2.24, 2.45) is 0 Å². The Labute approximate surface area is 52.0 Å².